The lowest BCUT2D eigenvalue weighted by molar-refractivity contribution is -0.116. The number of hydrogen-bond acceptors (Lipinski definition) is 4. The molecular formula is C20H19N3O3. The summed E-state index contributed by atoms with van der Waals surface area (Å²) in [6, 6.07) is 18.3. The van der Waals surface area contributed by atoms with Crippen molar-refractivity contribution in [3.05, 3.63) is 77.7 Å². The first-order valence-electron chi connectivity index (χ1n) is 8.29. The predicted octanol–water partition coefficient (Wildman–Crippen LogP) is 3.81. The van der Waals surface area contributed by atoms with Gasteiger partial charge in [-0.15, -0.1) is 0 Å². The van der Waals surface area contributed by atoms with Gasteiger partial charge in [0.1, 0.15) is 0 Å². The number of nitrogens with zero attached hydrogens (tertiary/aromatic N) is 1. The first kappa shape index (κ1) is 17.4. The van der Waals surface area contributed by atoms with E-state index in [0.29, 0.717) is 29.9 Å². The Labute approximate surface area is 151 Å². The van der Waals surface area contributed by atoms with Crippen LogP contribution in [0, 0.1) is 6.92 Å². The van der Waals surface area contributed by atoms with Gasteiger partial charge in [-0.2, -0.15) is 0 Å². The van der Waals surface area contributed by atoms with Gasteiger partial charge in [0.2, 0.25) is 11.7 Å². The van der Waals surface area contributed by atoms with E-state index in [1.807, 2.05) is 30.3 Å². The van der Waals surface area contributed by atoms with E-state index in [2.05, 4.69) is 15.8 Å². The summed E-state index contributed by atoms with van der Waals surface area (Å²) in [5.41, 5.74) is 3.05. The molecule has 0 aliphatic carbocycles. The Morgan fingerprint density at radius 2 is 1.62 bits per heavy atom. The van der Waals surface area contributed by atoms with Crippen molar-refractivity contribution < 1.29 is 14.1 Å². The van der Waals surface area contributed by atoms with E-state index in [1.165, 1.54) is 0 Å². The molecule has 3 rings (SSSR count). The molecule has 2 amide bonds. The summed E-state index contributed by atoms with van der Waals surface area (Å²) in [5, 5.41) is 9.24. The topological polar surface area (TPSA) is 84.2 Å². The molecule has 0 aliphatic heterocycles. The number of aryl methyl sites for hydroxylation is 2. The number of anilines is 2. The van der Waals surface area contributed by atoms with Crippen LogP contribution >= 0.6 is 0 Å². The van der Waals surface area contributed by atoms with Crippen LogP contribution < -0.4 is 10.6 Å². The van der Waals surface area contributed by atoms with Gasteiger partial charge in [-0.3, -0.25) is 9.59 Å². The van der Waals surface area contributed by atoms with Crippen molar-refractivity contribution in [2.24, 2.45) is 0 Å². The molecule has 0 bridgehead atoms. The van der Waals surface area contributed by atoms with Crippen molar-refractivity contribution in [1.29, 1.82) is 0 Å². The van der Waals surface area contributed by atoms with E-state index in [1.54, 1.807) is 37.3 Å². The minimum atomic E-state index is -0.370. The van der Waals surface area contributed by atoms with Crippen LogP contribution in [0.15, 0.2) is 65.2 Å². The first-order valence-corrected chi connectivity index (χ1v) is 8.29. The molecule has 1 heterocycles. The van der Waals surface area contributed by atoms with Crippen molar-refractivity contribution >= 4 is 23.2 Å². The second-order valence-corrected chi connectivity index (χ2v) is 5.90. The highest BCUT2D eigenvalue weighted by molar-refractivity contribution is 6.02. The van der Waals surface area contributed by atoms with Crippen LogP contribution in [0.25, 0.3) is 0 Å². The maximum atomic E-state index is 12.0. The molecule has 0 unspecified atom stereocenters. The molecule has 0 saturated carbocycles. The SMILES string of the molecule is Cc1cc(C(=O)Nc2ccc(NC(=O)CCc3ccccc3)cc2)on1. The summed E-state index contributed by atoms with van der Waals surface area (Å²) in [6.07, 6.45) is 1.10. The minimum absolute atomic E-state index is 0.0530. The molecule has 0 aliphatic rings. The minimum Gasteiger partial charge on any atom is -0.351 e. The number of carbonyl (C=O) groups excluding carboxylic acids is 2. The van der Waals surface area contributed by atoms with E-state index < -0.39 is 0 Å². The van der Waals surface area contributed by atoms with Gasteiger partial charge >= 0.3 is 0 Å². The van der Waals surface area contributed by atoms with Crippen LogP contribution in [-0.4, -0.2) is 17.0 Å². The summed E-state index contributed by atoms with van der Waals surface area (Å²) < 4.78 is 4.92. The zero-order valence-electron chi connectivity index (χ0n) is 14.4. The third-order valence-corrected chi connectivity index (χ3v) is 3.76. The summed E-state index contributed by atoms with van der Waals surface area (Å²) in [6.45, 7) is 1.75. The fourth-order valence-corrected chi connectivity index (χ4v) is 2.43. The number of nitrogens with one attached hydrogen (secondary N) is 2. The van der Waals surface area contributed by atoms with Crippen LogP contribution in [0.3, 0.4) is 0 Å². The van der Waals surface area contributed by atoms with E-state index in [-0.39, 0.29) is 17.6 Å². The Morgan fingerprint density at radius 1 is 0.962 bits per heavy atom. The Hall–Kier alpha value is -3.41. The van der Waals surface area contributed by atoms with Gasteiger partial charge in [0.25, 0.3) is 5.91 Å². The predicted molar refractivity (Wildman–Crippen MR) is 99.0 cm³/mol. The molecular weight excluding hydrogens is 330 g/mol. The fraction of sp³-hybridized carbons (Fsp3) is 0.150. The van der Waals surface area contributed by atoms with Gasteiger partial charge in [-0.05, 0) is 43.2 Å². The number of amides is 2. The number of aromatic nitrogens is 1. The van der Waals surface area contributed by atoms with Crippen molar-refractivity contribution in [3.8, 4) is 0 Å². The molecule has 0 saturated heterocycles. The monoisotopic (exact) mass is 349 g/mol. The fourth-order valence-electron chi connectivity index (χ4n) is 2.43. The van der Waals surface area contributed by atoms with Gasteiger partial charge in [0.05, 0.1) is 5.69 Å². The third-order valence-electron chi connectivity index (χ3n) is 3.76. The molecule has 6 heteroatoms. The average molecular weight is 349 g/mol. The molecule has 1 aromatic heterocycles. The van der Waals surface area contributed by atoms with Crippen LogP contribution in [0.2, 0.25) is 0 Å². The molecule has 132 valence electrons. The molecule has 0 radical (unpaired) electrons. The van der Waals surface area contributed by atoms with Crippen LogP contribution in [0.4, 0.5) is 11.4 Å². The zero-order chi connectivity index (χ0) is 18.4. The lowest BCUT2D eigenvalue weighted by Gasteiger charge is -2.07. The summed E-state index contributed by atoms with van der Waals surface area (Å²) in [7, 11) is 0. The molecule has 3 aromatic rings. The highest BCUT2D eigenvalue weighted by Gasteiger charge is 2.11. The highest BCUT2D eigenvalue weighted by Crippen LogP contribution is 2.15. The first-order chi connectivity index (χ1) is 12.6. The standard InChI is InChI=1S/C20H19N3O3/c1-14-13-18(26-23-14)20(25)22-17-10-8-16(9-11-17)21-19(24)12-7-15-5-3-2-4-6-15/h2-6,8-11,13H,7,12H2,1H3,(H,21,24)(H,22,25). The molecule has 0 fully saturated rings. The van der Waals surface area contributed by atoms with Crippen LogP contribution in [-0.2, 0) is 11.2 Å². The van der Waals surface area contributed by atoms with Crippen molar-refractivity contribution in [3.63, 3.8) is 0 Å². The number of carbonyl (C=O) groups is 2. The van der Waals surface area contributed by atoms with Crippen LogP contribution in [0.1, 0.15) is 28.2 Å². The quantitative estimate of drug-likeness (QED) is 0.709. The normalized spacial score (nSPS) is 10.3. The van der Waals surface area contributed by atoms with Crippen molar-refractivity contribution in [2.45, 2.75) is 19.8 Å². The lowest BCUT2D eigenvalue weighted by Crippen LogP contribution is -2.13. The molecule has 0 atom stereocenters. The number of hydrogen-bond donors (Lipinski definition) is 2. The van der Waals surface area contributed by atoms with Gasteiger partial charge < -0.3 is 15.2 Å². The van der Waals surface area contributed by atoms with Gasteiger partial charge in [0.15, 0.2) is 0 Å². The summed E-state index contributed by atoms with van der Waals surface area (Å²) >= 11 is 0. The third kappa shape index (κ3) is 4.80. The number of rotatable bonds is 6. The van der Waals surface area contributed by atoms with E-state index >= 15 is 0 Å². The Kier molecular flexibility index (Phi) is 5.43. The highest BCUT2D eigenvalue weighted by atomic mass is 16.5. The molecule has 0 spiro atoms. The van der Waals surface area contributed by atoms with E-state index in [0.717, 1.165) is 5.56 Å². The average Bonchev–Trinajstić information content (AvgIpc) is 3.09. The Morgan fingerprint density at radius 3 is 2.23 bits per heavy atom. The molecule has 2 aromatic carbocycles. The van der Waals surface area contributed by atoms with E-state index in [9.17, 15) is 9.59 Å². The second-order valence-electron chi connectivity index (χ2n) is 5.90. The molecule has 26 heavy (non-hydrogen) atoms. The number of benzene rings is 2. The van der Waals surface area contributed by atoms with Crippen molar-refractivity contribution in [2.75, 3.05) is 10.6 Å². The Bertz CT molecular complexity index is 886. The maximum absolute atomic E-state index is 12.0. The second kappa shape index (κ2) is 8.11. The smallest absolute Gasteiger partial charge is 0.294 e. The van der Waals surface area contributed by atoms with Crippen LogP contribution in [0.5, 0.6) is 0 Å². The van der Waals surface area contributed by atoms with Gasteiger partial charge in [0, 0.05) is 23.9 Å². The largest absolute Gasteiger partial charge is 0.351 e. The summed E-state index contributed by atoms with van der Waals surface area (Å²) in [5.74, 6) is -0.270. The van der Waals surface area contributed by atoms with E-state index in [4.69, 9.17) is 4.52 Å². The molecule has 2 N–H and O–H groups in total. The maximum Gasteiger partial charge on any atom is 0.294 e. The Balaban J connectivity index is 1.51. The van der Waals surface area contributed by atoms with Gasteiger partial charge in [-0.1, -0.05) is 35.5 Å². The van der Waals surface area contributed by atoms with Gasteiger partial charge in [-0.25, -0.2) is 0 Å². The lowest BCUT2D eigenvalue weighted by atomic mass is 10.1. The summed E-state index contributed by atoms with van der Waals surface area (Å²) in [4.78, 5) is 24.0. The van der Waals surface area contributed by atoms with Crippen molar-refractivity contribution in [1.82, 2.24) is 5.16 Å². The molecule has 6 nitrogen and oxygen atoms in total. The zero-order valence-corrected chi connectivity index (χ0v) is 14.4.